The van der Waals surface area contributed by atoms with E-state index >= 15 is 0 Å². The van der Waals surface area contributed by atoms with Crippen molar-refractivity contribution in [2.75, 3.05) is 6.54 Å². The van der Waals surface area contributed by atoms with Crippen molar-refractivity contribution >= 4 is 5.97 Å². The predicted molar refractivity (Wildman–Crippen MR) is 34.0 cm³/mol. The maximum atomic E-state index is 10.1. The molecule has 0 spiro atoms. The lowest BCUT2D eigenvalue weighted by Crippen LogP contribution is -2.05. The maximum absolute atomic E-state index is 10.1. The number of allylic oxidation sites excluding steroid dienone is 1. The first-order valence-corrected chi connectivity index (χ1v) is 3.09. The van der Waals surface area contributed by atoms with Gasteiger partial charge >= 0.3 is 5.97 Å². The Balaban J connectivity index is 2.19. The Hall–Kier alpha value is -1.03. The molecule has 1 aliphatic rings. The van der Waals surface area contributed by atoms with Gasteiger partial charge in [-0.05, 0) is 6.08 Å². The summed E-state index contributed by atoms with van der Waals surface area (Å²) >= 11 is 0. The topological polar surface area (TPSA) is 58.6 Å². The van der Waals surface area contributed by atoms with Crippen molar-refractivity contribution in [2.24, 2.45) is 0 Å². The molecule has 1 aliphatic heterocycles. The Bertz CT molecular complexity index is 164. The number of carboxylic acid groups (broad SMARTS) is 1. The van der Waals surface area contributed by atoms with Crippen LogP contribution < -0.4 is 5.48 Å². The number of hydrogen-bond donors (Lipinski definition) is 2. The largest absolute Gasteiger partial charge is 0.481 e. The number of nitrogens with one attached hydrogen (secondary N) is 1. The highest BCUT2D eigenvalue weighted by atomic mass is 16.7. The van der Waals surface area contributed by atoms with Gasteiger partial charge in [-0.1, -0.05) is 0 Å². The SMILES string of the molecule is O=C(O)CCC1=CCNO1. The first kappa shape index (κ1) is 7.08. The lowest BCUT2D eigenvalue weighted by molar-refractivity contribution is -0.137. The first-order chi connectivity index (χ1) is 4.79. The molecular weight excluding hydrogens is 134 g/mol. The zero-order valence-electron chi connectivity index (χ0n) is 5.46. The zero-order chi connectivity index (χ0) is 7.40. The summed E-state index contributed by atoms with van der Waals surface area (Å²) in [6.07, 6.45) is 2.44. The highest BCUT2D eigenvalue weighted by Gasteiger charge is 2.06. The summed E-state index contributed by atoms with van der Waals surface area (Å²) in [6.45, 7) is 0.676. The number of aliphatic carboxylic acids is 1. The Labute approximate surface area is 58.4 Å². The van der Waals surface area contributed by atoms with Crippen molar-refractivity contribution in [2.45, 2.75) is 12.8 Å². The summed E-state index contributed by atoms with van der Waals surface area (Å²) in [4.78, 5) is 14.9. The van der Waals surface area contributed by atoms with Crippen LogP contribution in [0.25, 0.3) is 0 Å². The first-order valence-electron chi connectivity index (χ1n) is 3.09. The fraction of sp³-hybridized carbons (Fsp3) is 0.500. The highest BCUT2D eigenvalue weighted by molar-refractivity contribution is 5.66. The van der Waals surface area contributed by atoms with Crippen LogP contribution in [0, 0.1) is 0 Å². The fourth-order valence-corrected chi connectivity index (χ4v) is 0.715. The standard InChI is InChI=1S/C6H9NO3/c8-6(9)2-1-5-3-4-7-10-5/h3,7H,1-2,4H2,(H,8,9). The molecule has 0 aromatic heterocycles. The van der Waals surface area contributed by atoms with E-state index in [0.717, 1.165) is 5.76 Å². The van der Waals surface area contributed by atoms with Crippen molar-refractivity contribution in [3.05, 3.63) is 11.8 Å². The van der Waals surface area contributed by atoms with Crippen LogP contribution >= 0.6 is 0 Å². The molecular formula is C6H9NO3. The second-order valence-corrected chi connectivity index (χ2v) is 2.01. The van der Waals surface area contributed by atoms with Crippen molar-refractivity contribution < 1.29 is 14.7 Å². The van der Waals surface area contributed by atoms with Gasteiger partial charge in [0.25, 0.3) is 0 Å². The molecule has 2 N–H and O–H groups in total. The summed E-state index contributed by atoms with van der Waals surface area (Å²) in [5, 5.41) is 8.27. The van der Waals surface area contributed by atoms with E-state index in [0.29, 0.717) is 13.0 Å². The highest BCUT2D eigenvalue weighted by Crippen LogP contribution is 2.08. The molecule has 0 amide bonds. The average Bonchev–Trinajstić information content (AvgIpc) is 2.34. The van der Waals surface area contributed by atoms with E-state index in [2.05, 4.69) is 5.48 Å². The predicted octanol–water partition coefficient (Wildman–Crippen LogP) is 0.270. The summed E-state index contributed by atoms with van der Waals surface area (Å²) in [6, 6.07) is 0. The number of carbonyl (C=O) groups is 1. The molecule has 0 fully saturated rings. The van der Waals surface area contributed by atoms with Crippen molar-refractivity contribution in [1.29, 1.82) is 0 Å². The lowest BCUT2D eigenvalue weighted by Gasteiger charge is -1.98. The van der Waals surface area contributed by atoms with Gasteiger partial charge in [-0.2, -0.15) is 5.48 Å². The molecule has 0 atom stereocenters. The minimum atomic E-state index is -0.795. The summed E-state index contributed by atoms with van der Waals surface area (Å²) in [7, 11) is 0. The van der Waals surface area contributed by atoms with Gasteiger partial charge in [0, 0.05) is 6.42 Å². The third kappa shape index (κ3) is 2.06. The second-order valence-electron chi connectivity index (χ2n) is 2.01. The summed E-state index contributed by atoms with van der Waals surface area (Å²) in [5.74, 6) is -0.0706. The van der Waals surface area contributed by atoms with E-state index in [-0.39, 0.29) is 6.42 Å². The Kier molecular flexibility index (Phi) is 2.28. The van der Waals surface area contributed by atoms with E-state index in [1.807, 2.05) is 6.08 Å². The van der Waals surface area contributed by atoms with Crippen LogP contribution in [0.1, 0.15) is 12.8 Å². The van der Waals surface area contributed by atoms with Crippen LogP contribution in [0.15, 0.2) is 11.8 Å². The minimum Gasteiger partial charge on any atom is -0.481 e. The molecule has 0 unspecified atom stereocenters. The molecule has 0 aromatic carbocycles. The number of hydroxylamine groups is 1. The van der Waals surface area contributed by atoms with Crippen LogP contribution in [0.2, 0.25) is 0 Å². The summed E-state index contributed by atoms with van der Waals surface area (Å²) in [5.41, 5.74) is 2.61. The molecule has 0 aliphatic carbocycles. The van der Waals surface area contributed by atoms with Gasteiger partial charge in [-0.3, -0.25) is 4.79 Å². The van der Waals surface area contributed by atoms with Gasteiger partial charge in [-0.15, -0.1) is 0 Å². The molecule has 0 radical (unpaired) electrons. The minimum absolute atomic E-state index is 0.132. The normalized spacial score (nSPS) is 16.2. The van der Waals surface area contributed by atoms with Gasteiger partial charge in [0.15, 0.2) is 0 Å². The molecule has 1 rings (SSSR count). The summed E-state index contributed by atoms with van der Waals surface area (Å²) < 4.78 is 0. The molecule has 0 saturated carbocycles. The van der Waals surface area contributed by atoms with E-state index in [1.54, 1.807) is 0 Å². The van der Waals surface area contributed by atoms with Crippen LogP contribution in [0.3, 0.4) is 0 Å². The number of hydrogen-bond acceptors (Lipinski definition) is 3. The smallest absolute Gasteiger partial charge is 0.303 e. The van der Waals surface area contributed by atoms with Gasteiger partial charge in [0.2, 0.25) is 0 Å². The Morgan fingerprint density at radius 2 is 2.70 bits per heavy atom. The number of rotatable bonds is 3. The van der Waals surface area contributed by atoms with Crippen LogP contribution in [-0.4, -0.2) is 17.6 Å². The van der Waals surface area contributed by atoms with Crippen molar-refractivity contribution in [1.82, 2.24) is 5.48 Å². The van der Waals surface area contributed by atoms with Crippen LogP contribution in [-0.2, 0) is 9.63 Å². The van der Waals surface area contributed by atoms with E-state index in [1.165, 1.54) is 0 Å². The lowest BCUT2D eigenvalue weighted by atomic mass is 10.2. The molecule has 0 saturated heterocycles. The molecule has 0 bridgehead atoms. The van der Waals surface area contributed by atoms with Crippen molar-refractivity contribution in [3.63, 3.8) is 0 Å². The third-order valence-electron chi connectivity index (χ3n) is 1.20. The van der Waals surface area contributed by atoms with Gasteiger partial charge in [0.05, 0.1) is 13.0 Å². The average molecular weight is 143 g/mol. The molecule has 10 heavy (non-hydrogen) atoms. The molecule has 4 heteroatoms. The quantitative estimate of drug-likeness (QED) is 0.595. The second kappa shape index (κ2) is 3.22. The zero-order valence-corrected chi connectivity index (χ0v) is 5.46. The van der Waals surface area contributed by atoms with E-state index < -0.39 is 5.97 Å². The van der Waals surface area contributed by atoms with Gasteiger partial charge < -0.3 is 9.94 Å². The van der Waals surface area contributed by atoms with E-state index in [9.17, 15) is 4.79 Å². The molecule has 0 aromatic rings. The van der Waals surface area contributed by atoms with Crippen molar-refractivity contribution in [3.8, 4) is 0 Å². The molecule has 1 heterocycles. The van der Waals surface area contributed by atoms with Gasteiger partial charge in [-0.25, -0.2) is 0 Å². The molecule has 56 valence electrons. The fourth-order valence-electron chi connectivity index (χ4n) is 0.715. The van der Waals surface area contributed by atoms with E-state index in [4.69, 9.17) is 9.94 Å². The van der Waals surface area contributed by atoms with Gasteiger partial charge in [0.1, 0.15) is 5.76 Å². The van der Waals surface area contributed by atoms with Crippen LogP contribution in [0.5, 0.6) is 0 Å². The monoisotopic (exact) mass is 143 g/mol. The van der Waals surface area contributed by atoms with Crippen LogP contribution in [0.4, 0.5) is 0 Å². The number of carboxylic acids is 1. The Morgan fingerprint density at radius 3 is 3.20 bits per heavy atom. The third-order valence-corrected chi connectivity index (χ3v) is 1.20. The maximum Gasteiger partial charge on any atom is 0.303 e. The molecule has 4 nitrogen and oxygen atoms in total. The Morgan fingerprint density at radius 1 is 1.90 bits per heavy atom.